The molecule has 1 aromatic rings. The van der Waals surface area contributed by atoms with E-state index < -0.39 is 23.1 Å². The summed E-state index contributed by atoms with van der Waals surface area (Å²) in [5.41, 5.74) is 5.46. The number of carboxylic acid groups (broad SMARTS) is 1. The van der Waals surface area contributed by atoms with Gasteiger partial charge in [-0.15, -0.1) is 0 Å². The van der Waals surface area contributed by atoms with E-state index in [1.54, 1.807) is 0 Å². The number of aliphatic hydroxyl groups excluding tert-OH is 1. The largest absolute Gasteiger partial charge is 0.490 e. The number of amides is 2. The van der Waals surface area contributed by atoms with Gasteiger partial charge in [-0.2, -0.15) is 13.2 Å². The van der Waals surface area contributed by atoms with Crippen LogP contribution in [0.2, 0.25) is 5.02 Å². The summed E-state index contributed by atoms with van der Waals surface area (Å²) in [6, 6.07) is 3.25. The molecule has 27 heavy (non-hydrogen) atoms. The second-order valence-corrected chi connectivity index (χ2v) is 5.06. The van der Waals surface area contributed by atoms with Gasteiger partial charge in [-0.05, 0) is 6.07 Å². The number of nitro benzene ring substituents is 1. The van der Waals surface area contributed by atoms with E-state index >= 15 is 0 Å². The molecule has 0 radical (unpaired) electrons. The molecule has 14 heteroatoms. The standard InChI is InChI=1S/C11H15ClN4O4.C2HF3O2/c12-9-7-8(16(19)20)1-2-10(9)14-11(18)15(4-3-13)5-6-17;3-2(4,5)1(6)7/h1-2,7,17H,3-6,13H2,(H,14,18);(H,6,7). The van der Waals surface area contributed by atoms with E-state index in [4.69, 9.17) is 32.3 Å². The minimum absolute atomic E-state index is 0.0595. The van der Waals surface area contributed by atoms with Crippen molar-refractivity contribution >= 4 is 35.0 Å². The van der Waals surface area contributed by atoms with E-state index in [0.717, 1.165) is 6.07 Å². The number of carbonyl (C=O) groups excluding carboxylic acids is 1. The molecule has 0 saturated heterocycles. The minimum atomic E-state index is -5.08. The summed E-state index contributed by atoms with van der Waals surface area (Å²) in [6.07, 6.45) is -5.08. The number of anilines is 1. The Kier molecular flexibility index (Phi) is 10.1. The molecule has 0 bridgehead atoms. The van der Waals surface area contributed by atoms with E-state index in [0.29, 0.717) is 0 Å². The number of nitro groups is 1. The number of hydrogen-bond donors (Lipinski definition) is 4. The third-order valence-corrected chi connectivity index (χ3v) is 3.02. The molecule has 0 saturated carbocycles. The predicted molar refractivity (Wildman–Crippen MR) is 88.5 cm³/mol. The third kappa shape index (κ3) is 9.03. The van der Waals surface area contributed by atoms with Gasteiger partial charge in [0.05, 0.1) is 22.2 Å². The van der Waals surface area contributed by atoms with Crippen LogP contribution in [0.3, 0.4) is 0 Å². The van der Waals surface area contributed by atoms with Crippen LogP contribution in [0.4, 0.5) is 29.3 Å². The van der Waals surface area contributed by atoms with Crippen LogP contribution in [0.25, 0.3) is 0 Å². The van der Waals surface area contributed by atoms with Crippen molar-refractivity contribution in [2.75, 3.05) is 31.6 Å². The monoisotopic (exact) mass is 416 g/mol. The number of halogens is 4. The van der Waals surface area contributed by atoms with E-state index in [-0.39, 0.29) is 42.6 Å². The van der Waals surface area contributed by atoms with Crippen LogP contribution >= 0.6 is 11.6 Å². The van der Waals surface area contributed by atoms with Crippen molar-refractivity contribution in [1.29, 1.82) is 0 Å². The molecule has 0 heterocycles. The van der Waals surface area contributed by atoms with E-state index in [1.165, 1.54) is 17.0 Å². The third-order valence-electron chi connectivity index (χ3n) is 2.70. The van der Waals surface area contributed by atoms with Crippen LogP contribution in [-0.2, 0) is 4.79 Å². The van der Waals surface area contributed by atoms with Crippen LogP contribution in [0.15, 0.2) is 18.2 Å². The number of urea groups is 1. The SMILES string of the molecule is NCCN(CCO)C(=O)Nc1ccc([N+](=O)[O-])cc1Cl.O=C(O)C(F)(F)F. The van der Waals surface area contributed by atoms with Crippen molar-refractivity contribution in [1.82, 2.24) is 4.90 Å². The van der Waals surface area contributed by atoms with Crippen molar-refractivity contribution in [3.63, 3.8) is 0 Å². The van der Waals surface area contributed by atoms with Crippen molar-refractivity contribution < 1.29 is 37.9 Å². The molecular formula is C13H16ClF3N4O6. The maximum atomic E-state index is 11.9. The number of aliphatic hydroxyl groups is 1. The Hall–Kier alpha value is -2.64. The fraction of sp³-hybridized carbons (Fsp3) is 0.385. The minimum Gasteiger partial charge on any atom is -0.475 e. The van der Waals surface area contributed by atoms with Gasteiger partial charge in [-0.1, -0.05) is 11.6 Å². The number of carboxylic acids is 1. The van der Waals surface area contributed by atoms with Crippen LogP contribution in [0.1, 0.15) is 0 Å². The summed E-state index contributed by atoms with van der Waals surface area (Å²) in [5, 5.41) is 29.1. The first-order chi connectivity index (χ1) is 12.4. The Balaban J connectivity index is 0.000000821. The smallest absolute Gasteiger partial charge is 0.475 e. The molecule has 0 aromatic heterocycles. The number of nitrogens with zero attached hydrogens (tertiary/aromatic N) is 2. The number of non-ortho nitro benzene ring substituents is 1. The number of hydrogen-bond acceptors (Lipinski definition) is 6. The van der Waals surface area contributed by atoms with Crippen molar-refractivity contribution in [3.8, 4) is 0 Å². The Morgan fingerprint density at radius 3 is 2.26 bits per heavy atom. The normalized spacial score (nSPS) is 10.4. The van der Waals surface area contributed by atoms with E-state index in [2.05, 4.69) is 5.32 Å². The van der Waals surface area contributed by atoms with Crippen LogP contribution in [-0.4, -0.2) is 64.5 Å². The molecule has 10 nitrogen and oxygen atoms in total. The number of nitrogens with two attached hydrogens (primary N) is 1. The summed E-state index contributed by atoms with van der Waals surface area (Å²) >= 11 is 5.86. The number of alkyl halides is 3. The summed E-state index contributed by atoms with van der Waals surface area (Å²) in [6.45, 7) is 0.466. The second-order valence-electron chi connectivity index (χ2n) is 4.65. The van der Waals surface area contributed by atoms with Gasteiger partial charge in [0, 0.05) is 31.8 Å². The maximum absolute atomic E-state index is 11.9. The first-order valence-corrected chi connectivity index (χ1v) is 7.42. The highest BCUT2D eigenvalue weighted by atomic mass is 35.5. The van der Waals surface area contributed by atoms with Crippen LogP contribution in [0.5, 0.6) is 0 Å². The molecule has 0 fully saturated rings. The van der Waals surface area contributed by atoms with Crippen LogP contribution in [0, 0.1) is 10.1 Å². The molecule has 0 aliphatic carbocycles. The molecule has 1 aromatic carbocycles. The highest BCUT2D eigenvalue weighted by Crippen LogP contribution is 2.26. The Labute approximate surface area is 155 Å². The van der Waals surface area contributed by atoms with Gasteiger partial charge < -0.3 is 26.2 Å². The molecule has 0 aliphatic heterocycles. The topological polar surface area (TPSA) is 159 Å². The lowest BCUT2D eigenvalue weighted by Crippen LogP contribution is -2.40. The number of rotatable bonds is 6. The quantitative estimate of drug-likeness (QED) is 0.405. The zero-order valence-electron chi connectivity index (χ0n) is 13.6. The summed E-state index contributed by atoms with van der Waals surface area (Å²) in [5.74, 6) is -2.76. The molecule has 5 N–H and O–H groups in total. The summed E-state index contributed by atoms with van der Waals surface area (Å²) < 4.78 is 31.7. The van der Waals surface area contributed by atoms with Gasteiger partial charge in [-0.25, -0.2) is 9.59 Å². The van der Waals surface area contributed by atoms with Crippen molar-refractivity contribution in [2.24, 2.45) is 5.73 Å². The Morgan fingerprint density at radius 1 is 1.33 bits per heavy atom. The van der Waals surface area contributed by atoms with Gasteiger partial charge in [0.25, 0.3) is 5.69 Å². The van der Waals surface area contributed by atoms with Crippen molar-refractivity contribution in [2.45, 2.75) is 6.18 Å². The van der Waals surface area contributed by atoms with Crippen molar-refractivity contribution in [3.05, 3.63) is 33.3 Å². The molecule has 0 aliphatic rings. The summed E-state index contributed by atoms with van der Waals surface area (Å²) in [7, 11) is 0. The highest BCUT2D eigenvalue weighted by Gasteiger charge is 2.38. The van der Waals surface area contributed by atoms with Crippen LogP contribution < -0.4 is 11.1 Å². The summed E-state index contributed by atoms with van der Waals surface area (Å²) in [4.78, 5) is 32.1. The Morgan fingerprint density at radius 2 is 1.89 bits per heavy atom. The molecule has 0 unspecified atom stereocenters. The average molecular weight is 417 g/mol. The van der Waals surface area contributed by atoms with Gasteiger partial charge in [0.15, 0.2) is 0 Å². The molecule has 0 spiro atoms. The first-order valence-electron chi connectivity index (χ1n) is 7.05. The number of carbonyl (C=O) groups is 2. The lowest BCUT2D eigenvalue weighted by atomic mass is 10.3. The van der Waals surface area contributed by atoms with Gasteiger partial charge in [-0.3, -0.25) is 10.1 Å². The highest BCUT2D eigenvalue weighted by molar-refractivity contribution is 6.33. The van der Waals surface area contributed by atoms with Gasteiger partial charge in [0.1, 0.15) is 0 Å². The molecule has 152 valence electrons. The number of benzene rings is 1. The lowest BCUT2D eigenvalue weighted by Gasteiger charge is -2.21. The molecule has 1 rings (SSSR count). The fourth-order valence-corrected chi connectivity index (χ4v) is 1.73. The fourth-order valence-electron chi connectivity index (χ4n) is 1.50. The van der Waals surface area contributed by atoms with E-state index in [9.17, 15) is 28.1 Å². The predicted octanol–water partition coefficient (Wildman–Crippen LogP) is 1.67. The molecule has 0 atom stereocenters. The van der Waals surface area contributed by atoms with E-state index in [1.807, 2.05) is 0 Å². The number of nitrogens with one attached hydrogen (secondary N) is 1. The number of aliphatic carboxylic acids is 1. The first kappa shape index (κ1) is 24.4. The lowest BCUT2D eigenvalue weighted by molar-refractivity contribution is -0.384. The van der Waals surface area contributed by atoms with Gasteiger partial charge >= 0.3 is 18.2 Å². The molecule has 2 amide bonds. The average Bonchev–Trinajstić information content (AvgIpc) is 2.56. The molecular weight excluding hydrogens is 401 g/mol. The zero-order chi connectivity index (χ0) is 21.2. The Bertz CT molecular complexity index is 668. The zero-order valence-corrected chi connectivity index (χ0v) is 14.3. The van der Waals surface area contributed by atoms with Gasteiger partial charge in [0.2, 0.25) is 0 Å². The maximum Gasteiger partial charge on any atom is 0.490 e. The second kappa shape index (κ2) is 11.2.